The normalized spacial score (nSPS) is 11.0. The van der Waals surface area contributed by atoms with Gasteiger partial charge in [0.15, 0.2) is 0 Å². The van der Waals surface area contributed by atoms with Gasteiger partial charge in [0.25, 0.3) is 0 Å². The molecule has 0 fully saturated rings. The number of nitrogens with zero attached hydrogens (tertiary/aromatic N) is 2. The summed E-state index contributed by atoms with van der Waals surface area (Å²) >= 11 is 1.64. The highest BCUT2D eigenvalue weighted by atomic mass is 32.1. The van der Waals surface area contributed by atoms with Crippen molar-refractivity contribution in [2.45, 2.75) is 6.92 Å². The van der Waals surface area contributed by atoms with Crippen molar-refractivity contribution in [2.24, 2.45) is 0 Å². The van der Waals surface area contributed by atoms with Gasteiger partial charge in [-0.3, -0.25) is 0 Å². The molecule has 0 unspecified atom stereocenters. The lowest BCUT2D eigenvalue weighted by molar-refractivity contribution is 1.10. The zero-order valence-corrected chi connectivity index (χ0v) is 13.0. The number of benzene rings is 3. The van der Waals surface area contributed by atoms with Crippen LogP contribution < -0.4 is 0 Å². The first-order chi connectivity index (χ1) is 10.8. The maximum Gasteiger partial charge on any atom is 0.148 e. The van der Waals surface area contributed by atoms with Crippen molar-refractivity contribution in [3.63, 3.8) is 0 Å². The average molecular weight is 302 g/mol. The number of hydrogen-bond donors (Lipinski definition) is 0. The van der Waals surface area contributed by atoms with Crippen LogP contribution in [0.1, 0.15) is 5.56 Å². The van der Waals surface area contributed by atoms with E-state index in [0.29, 0.717) is 0 Å². The van der Waals surface area contributed by atoms with Crippen LogP contribution in [0.15, 0.2) is 66.7 Å². The lowest BCUT2D eigenvalue weighted by atomic mass is 10.1. The van der Waals surface area contributed by atoms with Crippen LogP contribution in [0.3, 0.4) is 0 Å². The molecule has 106 valence electrons. The Hall–Kier alpha value is -2.52. The molecule has 0 aliphatic carbocycles. The van der Waals surface area contributed by atoms with Gasteiger partial charge in [-0.05, 0) is 29.3 Å². The Morgan fingerprint density at radius 1 is 0.727 bits per heavy atom. The van der Waals surface area contributed by atoms with Crippen LogP contribution in [0, 0.1) is 6.92 Å². The van der Waals surface area contributed by atoms with E-state index in [1.165, 1.54) is 16.3 Å². The van der Waals surface area contributed by atoms with E-state index < -0.39 is 0 Å². The van der Waals surface area contributed by atoms with Crippen LogP contribution >= 0.6 is 11.3 Å². The third kappa shape index (κ3) is 2.30. The second kappa shape index (κ2) is 5.35. The van der Waals surface area contributed by atoms with E-state index >= 15 is 0 Å². The summed E-state index contributed by atoms with van der Waals surface area (Å²) < 4.78 is 0. The molecule has 22 heavy (non-hydrogen) atoms. The fourth-order valence-corrected chi connectivity index (χ4v) is 3.51. The van der Waals surface area contributed by atoms with Gasteiger partial charge in [-0.15, -0.1) is 10.2 Å². The molecular weight excluding hydrogens is 288 g/mol. The second-order valence-corrected chi connectivity index (χ2v) is 6.27. The summed E-state index contributed by atoms with van der Waals surface area (Å²) in [6, 6.07) is 23.1. The van der Waals surface area contributed by atoms with Crippen molar-refractivity contribution in [3.05, 3.63) is 72.3 Å². The molecule has 2 nitrogen and oxygen atoms in total. The molecule has 0 atom stereocenters. The van der Waals surface area contributed by atoms with Crippen molar-refractivity contribution in [2.75, 3.05) is 0 Å². The van der Waals surface area contributed by atoms with Gasteiger partial charge >= 0.3 is 0 Å². The van der Waals surface area contributed by atoms with E-state index in [9.17, 15) is 0 Å². The second-order valence-electron chi connectivity index (χ2n) is 5.29. The lowest BCUT2D eigenvalue weighted by Gasteiger charge is -2.00. The molecule has 0 bridgehead atoms. The molecule has 4 aromatic rings. The summed E-state index contributed by atoms with van der Waals surface area (Å²) in [5, 5.41) is 13.2. The van der Waals surface area contributed by atoms with E-state index in [2.05, 4.69) is 71.7 Å². The molecule has 0 saturated heterocycles. The first-order valence-electron chi connectivity index (χ1n) is 7.20. The number of hydrogen-bond acceptors (Lipinski definition) is 3. The molecule has 0 aliphatic rings. The number of aryl methyl sites for hydroxylation is 1. The lowest BCUT2D eigenvalue weighted by Crippen LogP contribution is -1.81. The minimum atomic E-state index is 0.962. The molecule has 0 radical (unpaired) electrons. The standard InChI is InChI=1S/C19H14N2S/c1-13-6-2-5-9-17(13)19-21-20-18(22-19)16-11-10-14-7-3-4-8-15(14)12-16/h2-12H,1H3. The summed E-state index contributed by atoms with van der Waals surface area (Å²) in [5.41, 5.74) is 3.51. The Bertz CT molecular complexity index is 956. The summed E-state index contributed by atoms with van der Waals surface area (Å²) in [6.07, 6.45) is 0. The van der Waals surface area contributed by atoms with Gasteiger partial charge in [0, 0.05) is 11.1 Å². The zero-order valence-electron chi connectivity index (χ0n) is 12.2. The smallest absolute Gasteiger partial charge is 0.138 e. The number of aromatic nitrogens is 2. The van der Waals surface area contributed by atoms with Crippen molar-refractivity contribution in [1.82, 2.24) is 10.2 Å². The highest BCUT2D eigenvalue weighted by molar-refractivity contribution is 7.17. The quantitative estimate of drug-likeness (QED) is 0.500. The summed E-state index contributed by atoms with van der Waals surface area (Å²) in [4.78, 5) is 0. The topological polar surface area (TPSA) is 25.8 Å². The molecule has 1 aromatic heterocycles. The highest BCUT2D eigenvalue weighted by Crippen LogP contribution is 2.32. The maximum absolute atomic E-state index is 4.38. The van der Waals surface area contributed by atoms with E-state index in [1.807, 2.05) is 12.1 Å². The Labute approximate surface area is 133 Å². The average Bonchev–Trinajstić information content (AvgIpc) is 3.04. The molecule has 1 heterocycles. The maximum atomic E-state index is 4.38. The van der Waals surface area contributed by atoms with Crippen LogP contribution in [-0.2, 0) is 0 Å². The Kier molecular flexibility index (Phi) is 3.20. The molecule has 0 aliphatic heterocycles. The third-order valence-electron chi connectivity index (χ3n) is 3.80. The van der Waals surface area contributed by atoms with Crippen LogP contribution in [0.25, 0.3) is 31.9 Å². The summed E-state index contributed by atoms with van der Waals surface area (Å²) in [7, 11) is 0. The van der Waals surface area contributed by atoms with Crippen molar-refractivity contribution in [1.29, 1.82) is 0 Å². The molecule has 0 amide bonds. The van der Waals surface area contributed by atoms with Crippen LogP contribution in [-0.4, -0.2) is 10.2 Å². The highest BCUT2D eigenvalue weighted by Gasteiger charge is 2.10. The summed E-state index contributed by atoms with van der Waals surface area (Å²) in [5.74, 6) is 0. The van der Waals surface area contributed by atoms with Gasteiger partial charge in [-0.1, -0.05) is 72.0 Å². The number of fused-ring (bicyclic) bond motifs is 1. The molecule has 3 heteroatoms. The first-order valence-corrected chi connectivity index (χ1v) is 8.01. The van der Waals surface area contributed by atoms with Crippen molar-refractivity contribution < 1.29 is 0 Å². The van der Waals surface area contributed by atoms with Gasteiger partial charge in [-0.25, -0.2) is 0 Å². The fourth-order valence-electron chi connectivity index (χ4n) is 2.58. The third-order valence-corrected chi connectivity index (χ3v) is 4.80. The van der Waals surface area contributed by atoms with Crippen molar-refractivity contribution in [3.8, 4) is 21.1 Å². The van der Waals surface area contributed by atoms with Gasteiger partial charge in [0.2, 0.25) is 0 Å². The monoisotopic (exact) mass is 302 g/mol. The zero-order chi connectivity index (χ0) is 14.9. The van der Waals surface area contributed by atoms with Gasteiger partial charge in [0.1, 0.15) is 10.0 Å². The van der Waals surface area contributed by atoms with Gasteiger partial charge in [0.05, 0.1) is 0 Å². The first kappa shape index (κ1) is 13.2. The minimum Gasteiger partial charge on any atom is -0.138 e. The van der Waals surface area contributed by atoms with E-state index in [1.54, 1.807) is 11.3 Å². The van der Waals surface area contributed by atoms with E-state index in [0.717, 1.165) is 21.1 Å². The number of rotatable bonds is 2. The van der Waals surface area contributed by atoms with Crippen LogP contribution in [0.2, 0.25) is 0 Å². The SMILES string of the molecule is Cc1ccccc1-c1nnc(-c2ccc3ccccc3c2)s1. The van der Waals surface area contributed by atoms with Crippen LogP contribution in [0.5, 0.6) is 0 Å². The van der Waals surface area contributed by atoms with Crippen LogP contribution in [0.4, 0.5) is 0 Å². The largest absolute Gasteiger partial charge is 0.148 e. The molecular formula is C19H14N2S. The van der Waals surface area contributed by atoms with Gasteiger partial charge < -0.3 is 0 Å². The fraction of sp³-hybridized carbons (Fsp3) is 0.0526. The Morgan fingerprint density at radius 3 is 2.32 bits per heavy atom. The molecule has 0 saturated carbocycles. The van der Waals surface area contributed by atoms with Gasteiger partial charge in [-0.2, -0.15) is 0 Å². The Morgan fingerprint density at radius 2 is 1.45 bits per heavy atom. The Balaban J connectivity index is 1.78. The molecule has 0 spiro atoms. The molecule has 0 N–H and O–H groups in total. The minimum absolute atomic E-state index is 0.962. The molecule has 4 rings (SSSR count). The summed E-state index contributed by atoms with van der Waals surface area (Å²) in [6.45, 7) is 2.10. The van der Waals surface area contributed by atoms with E-state index in [-0.39, 0.29) is 0 Å². The van der Waals surface area contributed by atoms with E-state index in [4.69, 9.17) is 0 Å². The van der Waals surface area contributed by atoms with Crippen molar-refractivity contribution >= 4 is 22.1 Å². The molecule has 3 aromatic carbocycles. The predicted octanol–water partition coefficient (Wildman–Crippen LogP) is 5.33. The predicted molar refractivity (Wildman–Crippen MR) is 93.0 cm³/mol.